The number of benzene rings is 2. The first kappa shape index (κ1) is 18.8. The molecule has 1 N–H and O–H groups in total. The molecule has 150 valence electrons. The van der Waals surface area contributed by atoms with Crippen molar-refractivity contribution in [1.82, 2.24) is 15.0 Å². The van der Waals surface area contributed by atoms with Crippen LogP contribution in [0.3, 0.4) is 0 Å². The van der Waals surface area contributed by atoms with Gasteiger partial charge in [-0.15, -0.1) is 11.3 Å². The molecule has 1 aliphatic rings. The molecule has 5 nitrogen and oxygen atoms in total. The number of hydrogen-bond donors (Lipinski definition) is 1. The number of aryl methyl sites for hydroxylation is 1. The zero-order valence-electron chi connectivity index (χ0n) is 17.1. The zero-order chi connectivity index (χ0) is 20.5. The van der Waals surface area contributed by atoms with Crippen LogP contribution in [0, 0.1) is 13.8 Å². The first-order valence-electron chi connectivity index (χ1n) is 10.1. The van der Waals surface area contributed by atoms with Gasteiger partial charge in [0.1, 0.15) is 5.82 Å². The van der Waals surface area contributed by atoms with Crippen LogP contribution in [0.1, 0.15) is 22.4 Å². The Morgan fingerprint density at radius 2 is 1.67 bits per heavy atom. The van der Waals surface area contributed by atoms with Crippen LogP contribution in [-0.2, 0) is 13.0 Å². The highest BCUT2D eigenvalue weighted by molar-refractivity contribution is 7.14. The average Bonchev–Trinajstić information content (AvgIpc) is 3.25. The number of anilines is 3. The maximum absolute atomic E-state index is 4.88. The normalized spacial score (nSPS) is 13.2. The molecule has 0 saturated carbocycles. The maximum atomic E-state index is 4.88. The van der Waals surface area contributed by atoms with Crippen molar-refractivity contribution in [1.29, 1.82) is 0 Å². The minimum atomic E-state index is 0.598. The monoisotopic (exact) mass is 413 g/mol. The van der Waals surface area contributed by atoms with Gasteiger partial charge in [-0.25, -0.2) is 9.97 Å². The Hall–Kier alpha value is -3.25. The molecule has 2 aromatic carbocycles. The van der Waals surface area contributed by atoms with Gasteiger partial charge < -0.3 is 4.90 Å². The summed E-state index contributed by atoms with van der Waals surface area (Å²) in [5.41, 5.74) is 6.99. The highest BCUT2D eigenvalue weighted by atomic mass is 32.1. The standard InChI is InChI=1S/C24H23N5S/c1-16-17(2)25-23(28-24-26-21(15-30-24)19-9-4-3-5-10-19)27-22(16)29-13-12-18-8-6-7-11-20(18)14-29/h3-11,15H,12-14H2,1-2H3,(H,25,26,27,28). The molecule has 0 radical (unpaired) electrons. The summed E-state index contributed by atoms with van der Waals surface area (Å²) in [6.07, 6.45) is 1.04. The molecule has 0 bridgehead atoms. The molecule has 0 amide bonds. The third kappa shape index (κ3) is 3.66. The Labute approximate surface area is 180 Å². The number of fused-ring (bicyclic) bond motifs is 1. The molecule has 0 saturated heterocycles. The molecule has 0 aliphatic carbocycles. The lowest BCUT2D eigenvalue weighted by Crippen LogP contribution is -2.32. The van der Waals surface area contributed by atoms with Crippen molar-refractivity contribution in [2.45, 2.75) is 26.8 Å². The van der Waals surface area contributed by atoms with E-state index in [-0.39, 0.29) is 0 Å². The van der Waals surface area contributed by atoms with E-state index in [2.05, 4.69) is 63.9 Å². The molecular formula is C24H23N5S. The van der Waals surface area contributed by atoms with E-state index >= 15 is 0 Å². The second kappa shape index (κ2) is 7.88. The third-order valence-electron chi connectivity index (χ3n) is 5.59. The maximum Gasteiger partial charge on any atom is 0.231 e. The van der Waals surface area contributed by atoms with Crippen molar-refractivity contribution in [2.24, 2.45) is 0 Å². The first-order chi connectivity index (χ1) is 14.7. The number of rotatable bonds is 4. The Bertz CT molecular complexity index is 1190. The fourth-order valence-electron chi connectivity index (χ4n) is 3.82. The van der Waals surface area contributed by atoms with Crippen LogP contribution in [-0.4, -0.2) is 21.5 Å². The Morgan fingerprint density at radius 1 is 0.900 bits per heavy atom. The number of nitrogens with zero attached hydrogens (tertiary/aromatic N) is 4. The summed E-state index contributed by atoms with van der Waals surface area (Å²) in [4.78, 5) is 16.6. The molecule has 3 heterocycles. The topological polar surface area (TPSA) is 53.9 Å². The second-order valence-corrected chi connectivity index (χ2v) is 8.41. The summed E-state index contributed by atoms with van der Waals surface area (Å²) in [7, 11) is 0. The molecule has 0 atom stereocenters. The van der Waals surface area contributed by atoms with Gasteiger partial charge in [0.2, 0.25) is 5.95 Å². The molecule has 4 aromatic rings. The third-order valence-corrected chi connectivity index (χ3v) is 6.34. The van der Waals surface area contributed by atoms with Gasteiger partial charge in [-0.1, -0.05) is 54.6 Å². The Morgan fingerprint density at radius 3 is 2.50 bits per heavy atom. The molecule has 2 aromatic heterocycles. The van der Waals surface area contributed by atoms with E-state index in [4.69, 9.17) is 9.97 Å². The summed E-state index contributed by atoms with van der Waals surface area (Å²) < 4.78 is 0. The number of nitrogens with one attached hydrogen (secondary N) is 1. The summed E-state index contributed by atoms with van der Waals surface area (Å²) >= 11 is 1.57. The van der Waals surface area contributed by atoms with Crippen LogP contribution < -0.4 is 10.2 Å². The molecule has 0 fully saturated rings. The van der Waals surface area contributed by atoms with Gasteiger partial charge in [0, 0.05) is 35.3 Å². The minimum Gasteiger partial charge on any atom is -0.352 e. The van der Waals surface area contributed by atoms with Gasteiger partial charge >= 0.3 is 0 Å². The smallest absolute Gasteiger partial charge is 0.231 e. The fourth-order valence-corrected chi connectivity index (χ4v) is 4.54. The Balaban J connectivity index is 1.41. The van der Waals surface area contributed by atoms with Crippen molar-refractivity contribution >= 4 is 28.2 Å². The predicted octanol–water partition coefficient (Wildman–Crippen LogP) is 5.52. The molecule has 1 aliphatic heterocycles. The molecule has 5 rings (SSSR count). The van der Waals surface area contributed by atoms with Crippen molar-refractivity contribution in [3.05, 3.63) is 82.4 Å². The summed E-state index contributed by atoms with van der Waals surface area (Å²) in [6, 6.07) is 18.9. The van der Waals surface area contributed by atoms with Crippen molar-refractivity contribution in [2.75, 3.05) is 16.8 Å². The van der Waals surface area contributed by atoms with Crippen molar-refractivity contribution in [3.8, 4) is 11.3 Å². The zero-order valence-corrected chi connectivity index (χ0v) is 17.9. The van der Waals surface area contributed by atoms with Crippen LogP contribution in [0.5, 0.6) is 0 Å². The van der Waals surface area contributed by atoms with Crippen LogP contribution in [0.15, 0.2) is 60.0 Å². The Kier molecular flexibility index (Phi) is 4.93. The predicted molar refractivity (Wildman–Crippen MR) is 124 cm³/mol. The van der Waals surface area contributed by atoms with E-state index in [9.17, 15) is 0 Å². The van der Waals surface area contributed by atoms with Crippen LogP contribution >= 0.6 is 11.3 Å². The highest BCUT2D eigenvalue weighted by Crippen LogP contribution is 2.30. The lowest BCUT2D eigenvalue weighted by molar-refractivity contribution is 0.716. The van der Waals surface area contributed by atoms with E-state index in [0.717, 1.165) is 53.0 Å². The number of hydrogen-bond acceptors (Lipinski definition) is 6. The van der Waals surface area contributed by atoms with Gasteiger partial charge in [-0.2, -0.15) is 4.98 Å². The second-order valence-electron chi connectivity index (χ2n) is 7.55. The largest absolute Gasteiger partial charge is 0.352 e. The molecule has 6 heteroatoms. The van der Waals surface area contributed by atoms with E-state index < -0.39 is 0 Å². The van der Waals surface area contributed by atoms with E-state index in [0.29, 0.717) is 5.95 Å². The van der Waals surface area contributed by atoms with Crippen LogP contribution in [0.25, 0.3) is 11.3 Å². The highest BCUT2D eigenvalue weighted by Gasteiger charge is 2.21. The lowest BCUT2D eigenvalue weighted by atomic mass is 9.99. The summed E-state index contributed by atoms with van der Waals surface area (Å²) in [5.74, 6) is 1.60. The SMILES string of the molecule is Cc1nc(Nc2nc(-c3ccccc3)cs2)nc(N2CCc3ccccc3C2)c1C. The van der Waals surface area contributed by atoms with Gasteiger partial charge in [-0.05, 0) is 31.4 Å². The molecule has 0 unspecified atom stereocenters. The molecule has 30 heavy (non-hydrogen) atoms. The van der Waals surface area contributed by atoms with Crippen LogP contribution in [0.4, 0.5) is 16.9 Å². The molecular weight excluding hydrogens is 390 g/mol. The van der Waals surface area contributed by atoms with E-state index in [1.54, 1.807) is 11.3 Å². The average molecular weight is 414 g/mol. The summed E-state index contributed by atoms with van der Waals surface area (Å²) in [5, 5.41) is 6.17. The fraction of sp³-hybridized carbons (Fsp3) is 0.208. The van der Waals surface area contributed by atoms with Crippen LogP contribution in [0.2, 0.25) is 0 Å². The van der Waals surface area contributed by atoms with E-state index in [1.807, 2.05) is 25.1 Å². The lowest BCUT2D eigenvalue weighted by Gasteiger charge is -2.31. The van der Waals surface area contributed by atoms with Gasteiger partial charge in [-0.3, -0.25) is 5.32 Å². The van der Waals surface area contributed by atoms with Crippen molar-refractivity contribution in [3.63, 3.8) is 0 Å². The van der Waals surface area contributed by atoms with Gasteiger partial charge in [0.25, 0.3) is 0 Å². The number of aromatic nitrogens is 3. The molecule has 0 spiro atoms. The first-order valence-corrected chi connectivity index (χ1v) is 11.0. The van der Waals surface area contributed by atoms with Gasteiger partial charge in [0.05, 0.1) is 5.69 Å². The summed E-state index contributed by atoms with van der Waals surface area (Å²) in [6.45, 7) is 5.98. The van der Waals surface area contributed by atoms with E-state index in [1.165, 1.54) is 11.1 Å². The number of thiazole rings is 1. The van der Waals surface area contributed by atoms with Gasteiger partial charge in [0.15, 0.2) is 5.13 Å². The quantitative estimate of drug-likeness (QED) is 0.477. The minimum absolute atomic E-state index is 0.598. The van der Waals surface area contributed by atoms with Crippen molar-refractivity contribution < 1.29 is 0 Å².